The highest BCUT2D eigenvalue weighted by Gasteiger charge is 2.67. The van der Waals surface area contributed by atoms with E-state index in [2.05, 4.69) is 11.4 Å². The van der Waals surface area contributed by atoms with Gasteiger partial charge >= 0.3 is 5.97 Å². The van der Waals surface area contributed by atoms with Gasteiger partial charge in [-0.1, -0.05) is 31.1 Å². The van der Waals surface area contributed by atoms with Crippen LogP contribution in [0.4, 0.5) is 5.69 Å². The zero-order valence-corrected chi connectivity index (χ0v) is 18.8. The van der Waals surface area contributed by atoms with E-state index < -0.39 is 35.6 Å². The van der Waals surface area contributed by atoms with Crippen molar-refractivity contribution in [2.75, 3.05) is 11.4 Å². The second kappa shape index (κ2) is 7.73. The molecular formula is C25H30N2O5. The molecule has 1 aromatic rings. The molecule has 2 saturated heterocycles. The maximum Gasteiger partial charge on any atom is 0.313 e. The van der Waals surface area contributed by atoms with Crippen molar-refractivity contribution in [3.63, 3.8) is 0 Å². The van der Waals surface area contributed by atoms with Gasteiger partial charge in [-0.3, -0.25) is 14.4 Å². The summed E-state index contributed by atoms with van der Waals surface area (Å²) in [5, 5.41) is 2.96. The lowest BCUT2D eigenvalue weighted by Gasteiger charge is -2.24. The maximum atomic E-state index is 13.5. The lowest BCUT2D eigenvalue weighted by Crippen LogP contribution is -2.44. The number of amides is 2. The fraction of sp³-hybridized carbons (Fsp3) is 0.560. The monoisotopic (exact) mass is 438 g/mol. The molecule has 7 heteroatoms. The number of nitrogens with one attached hydrogen (secondary N) is 1. The number of ether oxygens (including phenoxy) is 2. The topological polar surface area (TPSA) is 84.9 Å². The number of benzene rings is 1. The Balaban J connectivity index is 1.32. The third kappa shape index (κ3) is 3.43. The van der Waals surface area contributed by atoms with Gasteiger partial charge in [-0.05, 0) is 56.9 Å². The van der Waals surface area contributed by atoms with Crippen molar-refractivity contribution in [1.82, 2.24) is 5.32 Å². The molecule has 1 aromatic carbocycles. The molecule has 1 spiro atoms. The summed E-state index contributed by atoms with van der Waals surface area (Å²) in [6.45, 7) is 5.95. The van der Waals surface area contributed by atoms with E-state index in [-0.39, 0.29) is 17.9 Å². The molecule has 7 nitrogen and oxygen atoms in total. The zero-order chi connectivity index (χ0) is 22.6. The van der Waals surface area contributed by atoms with Crippen LogP contribution in [0.15, 0.2) is 30.4 Å². The minimum absolute atomic E-state index is 0.133. The van der Waals surface area contributed by atoms with Crippen LogP contribution in [0.1, 0.15) is 43.7 Å². The van der Waals surface area contributed by atoms with E-state index in [0.717, 1.165) is 42.5 Å². The SMILES string of the molecule is Cc1cc(C)cc(N2CC34C=CC(O3)C(C(=O)OC(C)C(=O)NC3CCCC3)C4C2=O)c1. The van der Waals surface area contributed by atoms with E-state index in [0.29, 0.717) is 6.54 Å². The summed E-state index contributed by atoms with van der Waals surface area (Å²) in [7, 11) is 0. The molecule has 0 aromatic heterocycles. The summed E-state index contributed by atoms with van der Waals surface area (Å²) >= 11 is 0. The van der Waals surface area contributed by atoms with Crippen LogP contribution in [0.2, 0.25) is 0 Å². The molecular weight excluding hydrogens is 408 g/mol. The minimum Gasteiger partial charge on any atom is -0.452 e. The summed E-state index contributed by atoms with van der Waals surface area (Å²) in [6.07, 6.45) is 6.50. The summed E-state index contributed by atoms with van der Waals surface area (Å²) in [5.74, 6) is -2.35. The minimum atomic E-state index is -0.908. The van der Waals surface area contributed by atoms with Crippen molar-refractivity contribution in [2.45, 2.75) is 70.3 Å². The van der Waals surface area contributed by atoms with E-state index in [1.54, 1.807) is 11.8 Å². The van der Waals surface area contributed by atoms with Crippen LogP contribution in [0.25, 0.3) is 0 Å². The highest BCUT2D eigenvalue weighted by Crippen LogP contribution is 2.53. The molecule has 5 atom stereocenters. The van der Waals surface area contributed by atoms with E-state index in [1.807, 2.05) is 38.1 Å². The molecule has 3 aliphatic heterocycles. The van der Waals surface area contributed by atoms with Crippen molar-refractivity contribution < 1.29 is 23.9 Å². The average molecular weight is 439 g/mol. The predicted octanol–water partition coefficient (Wildman–Crippen LogP) is 2.58. The summed E-state index contributed by atoms with van der Waals surface area (Å²) in [4.78, 5) is 40.8. The molecule has 5 unspecified atom stereocenters. The normalized spacial score (nSPS) is 31.8. The number of hydrogen-bond donors (Lipinski definition) is 1. The standard InChI is InChI=1S/C25H30N2O5/c1-14-10-15(2)12-18(11-14)27-13-25-9-8-19(32-25)20(21(25)23(27)29)24(30)31-16(3)22(28)26-17-6-4-5-7-17/h8-12,16-17,19-21H,4-7,13H2,1-3H3,(H,26,28). The van der Waals surface area contributed by atoms with Crippen LogP contribution in [-0.2, 0) is 23.9 Å². The van der Waals surface area contributed by atoms with E-state index in [9.17, 15) is 14.4 Å². The smallest absolute Gasteiger partial charge is 0.313 e. The molecule has 1 aliphatic carbocycles. The summed E-state index contributed by atoms with van der Waals surface area (Å²) in [6, 6.07) is 6.16. The van der Waals surface area contributed by atoms with Gasteiger partial charge in [-0.2, -0.15) is 0 Å². The third-order valence-corrected chi connectivity index (χ3v) is 7.25. The number of nitrogens with zero attached hydrogens (tertiary/aromatic N) is 1. The Kier molecular flexibility index (Phi) is 5.12. The Morgan fingerprint density at radius 2 is 1.88 bits per heavy atom. The molecule has 2 amide bonds. The summed E-state index contributed by atoms with van der Waals surface area (Å²) in [5.41, 5.74) is 2.13. The summed E-state index contributed by atoms with van der Waals surface area (Å²) < 4.78 is 11.7. The number of esters is 1. The van der Waals surface area contributed by atoms with Gasteiger partial charge in [0.25, 0.3) is 5.91 Å². The molecule has 170 valence electrons. The van der Waals surface area contributed by atoms with Crippen molar-refractivity contribution in [3.05, 3.63) is 41.5 Å². The third-order valence-electron chi connectivity index (χ3n) is 7.25. The second-order valence-electron chi connectivity index (χ2n) is 9.74. The Labute approximate surface area is 188 Å². The number of rotatable bonds is 5. The fourth-order valence-electron chi connectivity index (χ4n) is 5.79. The molecule has 1 saturated carbocycles. The molecule has 4 aliphatic rings. The van der Waals surface area contributed by atoms with Gasteiger partial charge in [0.1, 0.15) is 11.5 Å². The van der Waals surface area contributed by atoms with Gasteiger partial charge < -0.3 is 19.7 Å². The van der Waals surface area contributed by atoms with Crippen LogP contribution in [0, 0.1) is 25.7 Å². The number of aryl methyl sites for hydroxylation is 2. The zero-order valence-electron chi connectivity index (χ0n) is 18.8. The van der Waals surface area contributed by atoms with E-state index in [4.69, 9.17) is 9.47 Å². The highest BCUT2D eigenvalue weighted by atomic mass is 16.6. The number of hydrogen-bond acceptors (Lipinski definition) is 5. The van der Waals surface area contributed by atoms with Gasteiger partial charge in [0.2, 0.25) is 5.91 Å². The van der Waals surface area contributed by atoms with Gasteiger partial charge in [-0.15, -0.1) is 0 Å². The van der Waals surface area contributed by atoms with Gasteiger partial charge in [0.15, 0.2) is 6.10 Å². The van der Waals surface area contributed by atoms with Crippen molar-refractivity contribution >= 4 is 23.5 Å². The lowest BCUT2D eigenvalue weighted by molar-refractivity contribution is -0.161. The Bertz CT molecular complexity index is 978. The fourth-order valence-corrected chi connectivity index (χ4v) is 5.79. The van der Waals surface area contributed by atoms with Crippen LogP contribution in [0.5, 0.6) is 0 Å². The number of fused-ring (bicyclic) bond motifs is 1. The Hall–Kier alpha value is -2.67. The largest absolute Gasteiger partial charge is 0.452 e. The van der Waals surface area contributed by atoms with Crippen LogP contribution in [-0.4, -0.2) is 48.2 Å². The first kappa shape index (κ1) is 21.2. The average Bonchev–Trinajstić information content (AvgIpc) is 3.49. The predicted molar refractivity (Wildman–Crippen MR) is 118 cm³/mol. The van der Waals surface area contributed by atoms with E-state index in [1.165, 1.54) is 0 Å². The molecule has 1 N–H and O–H groups in total. The molecule has 2 bridgehead atoms. The maximum absolute atomic E-state index is 13.5. The van der Waals surface area contributed by atoms with Crippen molar-refractivity contribution in [1.29, 1.82) is 0 Å². The first-order valence-electron chi connectivity index (χ1n) is 11.6. The van der Waals surface area contributed by atoms with Crippen LogP contribution in [0.3, 0.4) is 0 Å². The molecule has 3 fully saturated rings. The Morgan fingerprint density at radius 3 is 2.56 bits per heavy atom. The molecule has 32 heavy (non-hydrogen) atoms. The number of carbonyl (C=O) groups excluding carboxylic acids is 3. The number of carbonyl (C=O) groups is 3. The van der Waals surface area contributed by atoms with Gasteiger partial charge in [0.05, 0.1) is 18.6 Å². The van der Waals surface area contributed by atoms with Crippen molar-refractivity contribution in [2.24, 2.45) is 11.8 Å². The first-order chi connectivity index (χ1) is 15.3. The second-order valence-corrected chi connectivity index (χ2v) is 9.74. The quantitative estimate of drug-likeness (QED) is 0.564. The number of anilines is 1. The van der Waals surface area contributed by atoms with Gasteiger partial charge in [0, 0.05) is 11.7 Å². The lowest BCUT2D eigenvalue weighted by atomic mass is 9.77. The highest BCUT2D eigenvalue weighted by molar-refractivity contribution is 6.03. The van der Waals surface area contributed by atoms with Crippen LogP contribution >= 0.6 is 0 Å². The molecule has 3 heterocycles. The van der Waals surface area contributed by atoms with Crippen molar-refractivity contribution in [3.8, 4) is 0 Å². The first-order valence-corrected chi connectivity index (χ1v) is 11.6. The Morgan fingerprint density at radius 1 is 1.19 bits per heavy atom. The molecule has 5 rings (SSSR count). The molecule has 0 radical (unpaired) electrons. The van der Waals surface area contributed by atoms with E-state index >= 15 is 0 Å². The van der Waals surface area contributed by atoms with Gasteiger partial charge in [-0.25, -0.2) is 0 Å². The van der Waals surface area contributed by atoms with Crippen LogP contribution < -0.4 is 10.2 Å².